The summed E-state index contributed by atoms with van der Waals surface area (Å²) in [6.45, 7) is 1.96. The van der Waals surface area contributed by atoms with Crippen LogP contribution in [0.25, 0.3) is 0 Å². The second-order valence-electron chi connectivity index (χ2n) is 5.01. The number of hydrogen-bond acceptors (Lipinski definition) is 3. The molecule has 0 radical (unpaired) electrons. The van der Waals surface area contributed by atoms with E-state index >= 15 is 0 Å². The maximum atomic E-state index is 12.2. The molecule has 3 heteroatoms. The highest BCUT2D eigenvalue weighted by atomic mass is 16.5. The van der Waals surface area contributed by atoms with Crippen LogP contribution in [0.4, 0.5) is 0 Å². The molecule has 0 saturated carbocycles. The lowest BCUT2D eigenvalue weighted by Crippen LogP contribution is -2.25. The molecule has 1 aliphatic rings. The Morgan fingerprint density at radius 1 is 1.10 bits per heavy atom. The van der Waals surface area contributed by atoms with Gasteiger partial charge in [-0.3, -0.25) is 9.59 Å². The van der Waals surface area contributed by atoms with Gasteiger partial charge in [-0.2, -0.15) is 0 Å². The minimum absolute atomic E-state index is 0.141. The topological polar surface area (TPSA) is 43.4 Å². The Labute approximate surface area is 117 Å². The molecule has 3 nitrogen and oxygen atoms in total. The van der Waals surface area contributed by atoms with E-state index in [1.54, 1.807) is 18.2 Å². The summed E-state index contributed by atoms with van der Waals surface area (Å²) in [4.78, 5) is 24.3. The molecule has 0 N–H and O–H groups in total. The van der Waals surface area contributed by atoms with Gasteiger partial charge in [0.15, 0.2) is 5.78 Å². The first kappa shape index (κ1) is 12.6. The number of ether oxygens (including phenoxy) is 1. The predicted octanol–water partition coefficient (Wildman–Crippen LogP) is 2.96. The van der Waals surface area contributed by atoms with Crippen LogP contribution < -0.4 is 4.74 Å². The standard InChI is InChI=1S/C17H14O3/c1-11-6-8-13(9-7-11)20-17(19)15-10-12-4-2-3-5-14(12)16(15)18/h2-9,15H,10H2,1H3. The van der Waals surface area contributed by atoms with Crippen LogP contribution in [0, 0.1) is 12.8 Å². The summed E-state index contributed by atoms with van der Waals surface area (Å²) in [7, 11) is 0. The van der Waals surface area contributed by atoms with E-state index in [1.165, 1.54) is 0 Å². The highest BCUT2D eigenvalue weighted by Gasteiger charge is 2.36. The van der Waals surface area contributed by atoms with Crippen molar-refractivity contribution >= 4 is 11.8 Å². The second kappa shape index (κ2) is 4.93. The number of benzene rings is 2. The first-order valence-electron chi connectivity index (χ1n) is 6.55. The highest BCUT2D eigenvalue weighted by molar-refractivity contribution is 6.12. The quantitative estimate of drug-likeness (QED) is 0.477. The monoisotopic (exact) mass is 266 g/mol. The average Bonchev–Trinajstić information content (AvgIpc) is 2.79. The van der Waals surface area contributed by atoms with Crippen molar-refractivity contribution < 1.29 is 14.3 Å². The lowest BCUT2D eigenvalue weighted by atomic mass is 10.1. The fourth-order valence-electron chi connectivity index (χ4n) is 2.42. The van der Waals surface area contributed by atoms with Gasteiger partial charge in [0, 0.05) is 5.56 Å². The number of esters is 1. The van der Waals surface area contributed by atoms with Crippen LogP contribution in [0.2, 0.25) is 0 Å². The average molecular weight is 266 g/mol. The molecule has 2 aromatic carbocycles. The van der Waals surface area contributed by atoms with Crippen LogP contribution in [0.5, 0.6) is 5.75 Å². The van der Waals surface area contributed by atoms with Gasteiger partial charge in [-0.25, -0.2) is 0 Å². The van der Waals surface area contributed by atoms with E-state index in [-0.39, 0.29) is 5.78 Å². The molecule has 3 rings (SSSR count). The third-order valence-electron chi connectivity index (χ3n) is 3.55. The highest BCUT2D eigenvalue weighted by Crippen LogP contribution is 2.28. The fraction of sp³-hybridized carbons (Fsp3) is 0.176. The molecule has 100 valence electrons. The zero-order valence-electron chi connectivity index (χ0n) is 11.1. The van der Waals surface area contributed by atoms with Gasteiger partial charge in [-0.15, -0.1) is 0 Å². The molecule has 0 saturated heterocycles. The van der Waals surface area contributed by atoms with E-state index < -0.39 is 11.9 Å². The van der Waals surface area contributed by atoms with E-state index in [9.17, 15) is 9.59 Å². The van der Waals surface area contributed by atoms with Gasteiger partial charge in [0.1, 0.15) is 11.7 Å². The molecular weight excluding hydrogens is 252 g/mol. The Kier molecular flexibility index (Phi) is 3.11. The van der Waals surface area contributed by atoms with Crippen molar-refractivity contribution in [2.24, 2.45) is 5.92 Å². The maximum Gasteiger partial charge on any atom is 0.322 e. The smallest absolute Gasteiger partial charge is 0.322 e. The summed E-state index contributed by atoms with van der Waals surface area (Å²) in [6, 6.07) is 14.5. The van der Waals surface area contributed by atoms with Gasteiger partial charge in [0.2, 0.25) is 0 Å². The predicted molar refractivity (Wildman–Crippen MR) is 74.8 cm³/mol. The lowest BCUT2D eigenvalue weighted by Gasteiger charge is -2.08. The Bertz CT molecular complexity index is 671. The first-order chi connectivity index (χ1) is 9.65. The molecular formula is C17H14O3. The third-order valence-corrected chi connectivity index (χ3v) is 3.55. The van der Waals surface area contributed by atoms with E-state index in [2.05, 4.69) is 0 Å². The molecule has 2 aromatic rings. The number of Topliss-reactive ketones (excluding diaryl/α,β-unsaturated/α-hetero) is 1. The molecule has 0 spiro atoms. The van der Waals surface area contributed by atoms with Crippen molar-refractivity contribution in [1.82, 2.24) is 0 Å². The van der Waals surface area contributed by atoms with Crippen molar-refractivity contribution in [1.29, 1.82) is 0 Å². The zero-order valence-corrected chi connectivity index (χ0v) is 11.1. The summed E-state index contributed by atoms with van der Waals surface area (Å²) in [6.07, 6.45) is 0.430. The van der Waals surface area contributed by atoms with Crippen LogP contribution in [0.3, 0.4) is 0 Å². The molecule has 0 amide bonds. The van der Waals surface area contributed by atoms with E-state index in [1.807, 2.05) is 37.3 Å². The SMILES string of the molecule is Cc1ccc(OC(=O)C2Cc3ccccc3C2=O)cc1. The van der Waals surface area contributed by atoms with Gasteiger partial charge in [-0.05, 0) is 31.0 Å². The summed E-state index contributed by atoms with van der Waals surface area (Å²) in [5.74, 6) is -0.856. The van der Waals surface area contributed by atoms with Gasteiger partial charge >= 0.3 is 5.97 Å². The maximum absolute atomic E-state index is 12.2. The number of rotatable bonds is 2. The molecule has 1 unspecified atom stereocenters. The minimum atomic E-state index is -0.714. The number of carbonyl (C=O) groups is 2. The summed E-state index contributed by atoms with van der Waals surface area (Å²) >= 11 is 0. The summed E-state index contributed by atoms with van der Waals surface area (Å²) < 4.78 is 5.30. The van der Waals surface area contributed by atoms with Crippen LogP contribution >= 0.6 is 0 Å². The molecule has 0 aromatic heterocycles. The fourth-order valence-corrected chi connectivity index (χ4v) is 2.42. The first-order valence-corrected chi connectivity index (χ1v) is 6.55. The normalized spacial score (nSPS) is 16.9. The van der Waals surface area contributed by atoms with E-state index in [0.717, 1.165) is 11.1 Å². The second-order valence-corrected chi connectivity index (χ2v) is 5.01. The molecule has 20 heavy (non-hydrogen) atoms. The largest absolute Gasteiger partial charge is 0.426 e. The van der Waals surface area contributed by atoms with Gasteiger partial charge in [-0.1, -0.05) is 42.0 Å². The number of ketones is 1. The van der Waals surface area contributed by atoms with Crippen LogP contribution in [0.15, 0.2) is 48.5 Å². The van der Waals surface area contributed by atoms with Crippen molar-refractivity contribution in [2.75, 3.05) is 0 Å². The number of aryl methyl sites for hydroxylation is 1. The Balaban J connectivity index is 1.77. The van der Waals surface area contributed by atoms with E-state index in [0.29, 0.717) is 17.7 Å². The molecule has 0 fully saturated rings. The Morgan fingerprint density at radius 2 is 1.80 bits per heavy atom. The van der Waals surface area contributed by atoms with Crippen molar-refractivity contribution in [3.05, 3.63) is 65.2 Å². The van der Waals surface area contributed by atoms with Crippen LogP contribution in [-0.4, -0.2) is 11.8 Å². The summed E-state index contributed by atoms with van der Waals surface area (Å²) in [5, 5.41) is 0. The van der Waals surface area contributed by atoms with Gasteiger partial charge in [0.25, 0.3) is 0 Å². The lowest BCUT2D eigenvalue weighted by molar-refractivity contribution is -0.137. The van der Waals surface area contributed by atoms with E-state index in [4.69, 9.17) is 4.74 Å². The van der Waals surface area contributed by atoms with Crippen molar-refractivity contribution in [3.63, 3.8) is 0 Å². The molecule has 1 atom stereocenters. The summed E-state index contributed by atoms with van der Waals surface area (Å²) in [5.41, 5.74) is 2.65. The molecule has 1 aliphatic carbocycles. The Hall–Kier alpha value is -2.42. The van der Waals surface area contributed by atoms with Crippen LogP contribution in [0.1, 0.15) is 21.5 Å². The zero-order chi connectivity index (χ0) is 14.1. The van der Waals surface area contributed by atoms with Crippen LogP contribution in [-0.2, 0) is 11.2 Å². The van der Waals surface area contributed by atoms with Gasteiger partial charge in [0.05, 0.1) is 0 Å². The third kappa shape index (κ3) is 2.23. The molecule has 0 bridgehead atoms. The van der Waals surface area contributed by atoms with Crippen molar-refractivity contribution in [2.45, 2.75) is 13.3 Å². The minimum Gasteiger partial charge on any atom is -0.426 e. The number of fused-ring (bicyclic) bond motifs is 1. The number of carbonyl (C=O) groups excluding carboxylic acids is 2. The molecule has 0 heterocycles. The van der Waals surface area contributed by atoms with Crippen molar-refractivity contribution in [3.8, 4) is 5.75 Å². The Morgan fingerprint density at radius 3 is 2.50 bits per heavy atom. The van der Waals surface area contributed by atoms with Gasteiger partial charge < -0.3 is 4.74 Å². The number of hydrogen-bond donors (Lipinski definition) is 0. The molecule has 0 aliphatic heterocycles.